The first kappa shape index (κ1) is 17.0. The lowest BCUT2D eigenvalue weighted by molar-refractivity contribution is -0.137. The van der Waals surface area contributed by atoms with E-state index in [0.29, 0.717) is 30.0 Å². The number of carboxylic acid groups (broad SMARTS) is 1. The number of unbranched alkanes of at least 4 members (excludes halogenated alkanes) is 1. The van der Waals surface area contributed by atoms with Crippen LogP contribution in [0.25, 0.3) is 5.69 Å². The smallest absolute Gasteiger partial charge is 0.303 e. The maximum Gasteiger partial charge on any atom is 0.303 e. The fourth-order valence-corrected chi connectivity index (χ4v) is 2.30. The number of amides is 1. The Balaban J connectivity index is 1.97. The normalized spacial score (nSPS) is 10.5. The molecule has 0 unspecified atom stereocenters. The summed E-state index contributed by atoms with van der Waals surface area (Å²) in [6, 6.07) is 7.19. The van der Waals surface area contributed by atoms with Gasteiger partial charge in [-0.2, -0.15) is 5.10 Å². The van der Waals surface area contributed by atoms with Crippen LogP contribution < -0.4 is 5.32 Å². The van der Waals surface area contributed by atoms with Gasteiger partial charge in [-0.15, -0.1) is 0 Å². The van der Waals surface area contributed by atoms with E-state index in [1.54, 1.807) is 16.8 Å². The summed E-state index contributed by atoms with van der Waals surface area (Å²) in [6.07, 6.45) is 2.81. The van der Waals surface area contributed by atoms with E-state index in [4.69, 9.17) is 16.7 Å². The van der Waals surface area contributed by atoms with Crippen molar-refractivity contribution in [1.29, 1.82) is 0 Å². The van der Waals surface area contributed by atoms with Crippen molar-refractivity contribution >= 4 is 23.5 Å². The molecule has 7 heteroatoms. The number of hydrogen-bond donors (Lipinski definition) is 2. The van der Waals surface area contributed by atoms with Crippen molar-refractivity contribution in [2.75, 3.05) is 6.54 Å². The molecule has 0 saturated heterocycles. The van der Waals surface area contributed by atoms with Crippen molar-refractivity contribution in [3.8, 4) is 5.69 Å². The van der Waals surface area contributed by atoms with Crippen LogP contribution in [0.5, 0.6) is 0 Å². The van der Waals surface area contributed by atoms with Gasteiger partial charge in [0.2, 0.25) is 0 Å². The van der Waals surface area contributed by atoms with Gasteiger partial charge in [-0.1, -0.05) is 11.6 Å². The van der Waals surface area contributed by atoms with Crippen molar-refractivity contribution in [3.05, 3.63) is 46.7 Å². The predicted octanol–water partition coefficient (Wildman–Crippen LogP) is 2.82. The second-order valence-electron chi connectivity index (χ2n) is 5.14. The highest BCUT2D eigenvalue weighted by Crippen LogP contribution is 2.16. The Kier molecular flexibility index (Phi) is 5.76. The molecule has 0 spiro atoms. The minimum Gasteiger partial charge on any atom is -0.481 e. The van der Waals surface area contributed by atoms with Crippen LogP contribution in [0.1, 0.15) is 35.3 Å². The number of carboxylic acids is 1. The third kappa shape index (κ3) is 4.56. The molecule has 1 heterocycles. The average molecular weight is 336 g/mol. The van der Waals surface area contributed by atoms with Crippen LogP contribution in [0.4, 0.5) is 0 Å². The molecule has 0 aliphatic heterocycles. The van der Waals surface area contributed by atoms with Crippen LogP contribution in [-0.4, -0.2) is 33.3 Å². The standard InChI is InChI=1S/C16H18ClN3O3/c1-11-14(16(23)18-9-3-2-4-15(21)22)10-19-20(11)13-7-5-12(17)6-8-13/h5-8,10H,2-4,9H2,1H3,(H,18,23)(H,21,22). The van der Waals surface area contributed by atoms with Gasteiger partial charge in [0.1, 0.15) is 0 Å². The quantitative estimate of drug-likeness (QED) is 0.762. The summed E-state index contributed by atoms with van der Waals surface area (Å²) in [5.41, 5.74) is 2.06. The van der Waals surface area contributed by atoms with Gasteiger partial charge < -0.3 is 10.4 Å². The predicted molar refractivity (Wildman–Crippen MR) is 87.1 cm³/mol. The van der Waals surface area contributed by atoms with Gasteiger partial charge in [-0.05, 0) is 44.0 Å². The first-order valence-electron chi connectivity index (χ1n) is 7.29. The van der Waals surface area contributed by atoms with Gasteiger partial charge in [-0.3, -0.25) is 9.59 Å². The van der Waals surface area contributed by atoms with Gasteiger partial charge in [-0.25, -0.2) is 4.68 Å². The topological polar surface area (TPSA) is 84.2 Å². The Morgan fingerprint density at radius 2 is 1.96 bits per heavy atom. The lowest BCUT2D eigenvalue weighted by atomic mass is 10.2. The fraction of sp³-hybridized carbons (Fsp3) is 0.312. The highest BCUT2D eigenvalue weighted by atomic mass is 35.5. The maximum absolute atomic E-state index is 12.2. The zero-order valence-electron chi connectivity index (χ0n) is 12.8. The van der Waals surface area contributed by atoms with E-state index >= 15 is 0 Å². The number of aliphatic carboxylic acids is 1. The number of rotatable bonds is 7. The zero-order valence-corrected chi connectivity index (χ0v) is 13.5. The summed E-state index contributed by atoms with van der Waals surface area (Å²) in [5, 5.41) is 16.2. The Hall–Kier alpha value is -2.34. The molecule has 2 aromatic rings. The summed E-state index contributed by atoms with van der Waals surface area (Å²) < 4.78 is 1.68. The van der Waals surface area contributed by atoms with Gasteiger partial charge in [0.05, 0.1) is 23.1 Å². The number of hydrogen-bond acceptors (Lipinski definition) is 3. The number of carbonyl (C=O) groups is 2. The second kappa shape index (κ2) is 7.78. The van der Waals surface area contributed by atoms with Crippen LogP contribution in [0, 0.1) is 6.92 Å². The molecule has 0 aliphatic rings. The van der Waals surface area contributed by atoms with E-state index in [1.807, 2.05) is 19.1 Å². The first-order chi connectivity index (χ1) is 11.0. The van der Waals surface area contributed by atoms with E-state index in [2.05, 4.69) is 10.4 Å². The molecular formula is C16H18ClN3O3. The minimum atomic E-state index is -0.823. The molecule has 0 radical (unpaired) electrons. The molecule has 2 rings (SSSR count). The molecule has 0 aliphatic carbocycles. The Morgan fingerprint density at radius 3 is 2.61 bits per heavy atom. The molecule has 0 bridgehead atoms. The number of carbonyl (C=O) groups excluding carboxylic acids is 1. The van der Waals surface area contributed by atoms with Gasteiger partial charge in [0, 0.05) is 18.0 Å². The van der Waals surface area contributed by atoms with Crippen molar-refractivity contribution in [2.45, 2.75) is 26.2 Å². The Bertz CT molecular complexity index is 695. The molecular weight excluding hydrogens is 318 g/mol. The van der Waals surface area contributed by atoms with Gasteiger partial charge in [0.25, 0.3) is 5.91 Å². The highest BCUT2D eigenvalue weighted by Gasteiger charge is 2.14. The number of aromatic nitrogens is 2. The van der Waals surface area contributed by atoms with Crippen LogP contribution in [0.3, 0.4) is 0 Å². The molecule has 2 N–H and O–H groups in total. The molecule has 1 aromatic carbocycles. The summed E-state index contributed by atoms with van der Waals surface area (Å²) in [6.45, 7) is 2.26. The van der Waals surface area contributed by atoms with Gasteiger partial charge in [0.15, 0.2) is 0 Å². The average Bonchev–Trinajstić information content (AvgIpc) is 2.89. The minimum absolute atomic E-state index is 0.114. The summed E-state index contributed by atoms with van der Waals surface area (Å²) in [7, 11) is 0. The molecule has 0 saturated carbocycles. The molecule has 0 fully saturated rings. The Labute approximate surface area is 139 Å². The maximum atomic E-state index is 12.2. The van der Waals surface area contributed by atoms with Crippen LogP contribution in [0.15, 0.2) is 30.5 Å². The Morgan fingerprint density at radius 1 is 1.26 bits per heavy atom. The lowest BCUT2D eigenvalue weighted by Gasteiger charge is -2.06. The van der Waals surface area contributed by atoms with Gasteiger partial charge >= 0.3 is 5.97 Å². The third-order valence-electron chi connectivity index (χ3n) is 3.43. The second-order valence-corrected chi connectivity index (χ2v) is 5.58. The van der Waals surface area contributed by atoms with Crippen molar-refractivity contribution in [3.63, 3.8) is 0 Å². The number of nitrogens with zero attached hydrogens (tertiary/aromatic N) is 2. The monoisotopic (exact) mass is 335 g/mol. The van der Waals surface area contributed by atoms with Crippen molar-refractivity contribution in [1.82, 2.24) is 15.1 Å². The van der Waals surface area contributed by atoms with Crippen molar-refractivity contribution in [2.24, 2.45) is 0 Å². The summed E-state index contributed by atoms with van der Waals surface area (Å²) >= 11 is 5.87. The number of halogens is 1. The molecule has 0 atom stereocenters. The molecule has 6 nitrogen and oxygen atoms in total. The number of nitrogens with one attached hydrogen (secondary N) is 1. The van der Waals surface area contributed by atoms with Crippen LogP contribution in [-0.2, 0) is 4.79 Å². The molecule has 1 aromatic heterocycles. The third-order valence-corrected chi connectivity index (χ3v) is 3.68. The van der Waals surface area contributed by atoms with E-state index in [1.165, 1.54) is 6.20 Å². The van der Waals surface area contributed by atoms with Crippen molar-refractivity contribution < 1.29 is 14.7 Å². The van der Waals surface area contributed by atoms with E-state index < -0.39 is 5.97 Å². The SMILES string of the molecule is Cc1c(C(=O)NCCCCC(=O)O)cnn1-c1ccc(Cl)cc1. The summed E-state index contributed by atoms with van der Waals surface area (Å²) in [4.78, 5) is 22.6. The molecule has 122 valence electrons. The lowest BCUT2D eigenvalue weighted by Crippen LogP contribution is -2.25. The van der Waals surface area contributed by atoms with E-state index in [9.17, 15) is 9.59 Å². The first-order valence-corrected chi connectivity index (χ1v) is 7.67. The largest absolute Gasteiger partial charge is 0.481 e. The highest BCUT2D eigenvalue weighted by molar-refractivity contribution is 6.30. The molecule has 23 heavy (non-hydrogen) atoms. The fourth-order valence-electron chi connectivity index (χ4n) is 2.17. The van der Waals surface area contributed by atoms with E-state index in [-0.39, 0.29) is 12.3 Å². The van der Waals surface area contributed by atoms with E-state index in [0.717, 1.165) is 11.4 Å². The summed E-state index contributed by atoms with van der Waals surface area (Å²) in [5.74, 6) is -1.03. The van der Waals surface area contributed by atoms with Crippen LogP contribution in [0.2, 0.25) is 5.02 Å². The number of benzene rings is 1. The zero-order chi connectivity index (χ0) is 16.8. The van der Waals surface area contributed by atoms with Crippen LogP contribution >= 0.6 is 11.6 Å². The molecule has 1 amide bonds.